The first-order valence-corrected chi connectivity index (χ1v) is 6.64. The van der Waals surface area contributed by atoms with Crippen molar-refractivity contribution in [3.05, 3.63) is 35.9 Å². The van der Waals surface area contributed by atoms with E-state index >= 15 is 0 Å². The predicted octanol–water partition coefficient (Wildman–Crippen LogP) is 2.62. The van der Waals surface area contributed by atoms with Gasteiger partial charge >= 0.3 is 5.97 Å². The molecule has 0 fully saturated rings. The van der Waals surface area contributed by atoms with Crippen LogP contribution in [0.4, 0.5) is 5.69 Å². The number of para-hydroxylation sites is 1. The lowest BCUT2D eigenvalue weighted by atomic mass is 9.79. The maximum Gasteiger partial charge on any atom is 0.326 e. The minimum Gasteiger partial charge on any atom is -0.492 e. The number of carboxylic acids is 1. The van der Waals surface area contributed by atoms with Crippen LogP contribution in [0, 0.1) is 5.92 Å². The Bertz CT molecular complexity index is 538. The van der Waals surface area contributed by atoms with Crippen molar-refractivity contribution < 1.29 is 14.6 Å². The number of carboxylic acid groups (broad SMARTS) is 1. The number of allylic oxidation sites excluding steroid dienone is 2. The fraction of sp³-hybridized carbons (Fsp3) is 0.400. The number of anilines is 1. The van der Waals surface area contributed by atoms with Gasteiger partial charge in [-0.2, -0.15) is 0 Å². The van der Waals surface area contributed by atoms with Crippen molar-refractivity contribution in [2.45, 2.75) is 25.3 Å². The summed E-state index contributed by atoms with van der Waals surface area (Å²) >= 11 is 0. The van der Waals surface area contributed by atoms with E-state index in [9.17, 15) is 9.90 Å². The van der Waals surface area contributed by atoms with Crippen LogP contribution >= 0.6 is 0 Å². The summed E-state index contributed by atoms with van der Waals surface area (Å²) in [4.78, 5) is 11.4. The average molecular weight is 259 g/mol. The highest BCUT2D eigenvalue weighted by atomic mass is 16.5. The molecule has 0 bridgehead atoms. The molecule has 19 heavy (non-hydrogen) atoms. The fourth-order valence-corrected chi connectivity index (χ4v) is 3.11. The summed E-state index contributed by atoms with van der Waals surface area (Å²) < 4.78 is 5.60. The molecule has 0 radical (unpaired) electrons. The molecule has 3 rings (SSSR count). The van der Waals surface area contributed by atoms with Crippen molar-refractivity contribution in [1.29, 1.82) is 0 Å². The largest absolute Gasteiger partial charge is 0.492 e. The molecule has 0 unspecified atom stereocenters. The second-order valence-electron chi connectivity index (χ2n) is 4.97. The molecule has 1 aromatic rings. The zero-order valence-electron chi connectivity index (χ0n) is 10.8. The molecule has 1 aliphatic heterocycles. The van der Waals surface area contributed by atoms with Crippen LogP contribution in [0.15, 0.2) is 30.4 Å². The second kappa shape index (κ2) is 4.61. The van der Waals surface area contributed by atoms with Crippen LogP contribution in [0.1, 0.15) is 24.8 Å². The third kappa shape index (κ3) is 1.87. The molecular formula is C15H17NO3. The first-order chi connectivity index (χ1) is 9.22. The Hall–Kier alpha value is -1.97. The number of ether oxygens (including phenoxy) is 1. The van der Waals surface area contributed by atoms with Crippen molar-refractivity contribution in [1.82, 2.24) is 0 Å². The van der Waals surface area contributed by atoms with Gasteiger partial charge in [-0.1, -0.05) is 24.3 Å². The average Bonchev–Trinajstić information content (AvgIpc) is 2.87. The normalized spacial score (nSPS) is 27.3. The molecule has 0 spiro atoms. The monoisotopic (exact) mass is 259 g/mol. The highest BCUT2D eigenvalue weighted by molar-refractivity contribution is 5.82. The zero-order valence-corrected chi connectivity index (χ0v) is 10.8. The lowest BCUT2D eigenvalue weighted by Gasteiger charge is -2.35. The van der Waals surface area contributed by atoms with E-state index in [2.05, 4.69) is 23.5 Å². The number of benzene rings is 1. The van der Waals surface area contributed by atoms with Crippen LogP contribution in [0.2, 0.25) is 0 Å². The number of rotatable bonds is 3. The molecule has 100 valence electrons. The first-order valence-electron chi connectivity index (χ1n) is 6.64. The van der Waals surface area contributed by atoms with Crippen LogP contribution in [0.3, 0.4) is 0 Å². The van der Waals surface area contributed by atoms with Crippen molar-refractivity contribution in [2.75, 3.05) is 11.9 Å². The molecule has 4 heteroatoms. The van der Waals surface area contributed by atoms with Gasteiger partial charge in [0.1, 0.15) is 11.8 Å². The van der Waals surface area contributed by atoms with E-state index in [1.54, 1.807) is 0 Å². The van der Waals surface area contributed by atoms with E-state index < -0.39 is 12.0 Å². The maximum absolute atomic E-state index is 11.4. The van der Waals surface area contributed by atoms with Crippen LogP contribution in [0.5, 0.6) is 5.75 Å². The van der Waals surface area contributed by atoms with Gasteiger partial charge in [0, 0.05) is 11.8 Å². The van der Waals surface area contributed by atoms with Gasteiger partial charge < -0.3 is 15.2 Å². The SMILES string of the molecule is CCOc1cccc2c1N[C@@H](C(=O)O)[C@@H]1CC=C[C@@H]21. The van der Waals surface area contributed by atoms with Gasteiger partial charge in [-0.15, -0.1) is 0 Å². The van der Waals surface area contributed by atoms with E-state index in [4.69, 9.17) is 4.74 Å². The molecule has 0 saturated heterocycles. The van der Waals surface area contributed by atoms with Gasteiger partial charge in [0.15, 0.2) is 0 Å². The summed E-state index contributed by atoms with van der Waals surface area (Å²) in [7, 11) is 0. The minimum atomic E-state index is -0.796. The molecular weight excluding hydrogens is 242 g/mol. The Balaban J connectivity index is 2.07. The van der Waals surface area contributed by atoms with Gasteiger partial charge in [-0.25, -0.2) is 4.79 Å². The number of carbonyl (C=O) groups is 1. The van der Waals surface area contributed by atoms with Gasteiger partial charge in [0.05, 0.1) is 12.3 Å². The fourth-order valence-electron chi connectivity index (χ4n) is 3.11. The molecule has 0 saturated carbocycles. The lowest BCUT2D eigenvalue weighted by molar-refractivity contribution is -0.139. The van der Waals surface area contributed by atoms with Crippen LogP contribution in [-0.4, -0.2) is 23.7 Å². The topological polar surface area (TPSA) is 58.6 Å². The van der Waals surface area contributed by atoms with Crippen LogP contribution < -0.4 is 10.1 Å². The van der Waals surface area contributed by atoms with Crippen molar-refractivity contribution in [2.24, 2.45) is 5.92 Å². The van der Waals surface area contributed by atoms with E-state index in [-0.39, 0.29) is 11.8 Å². The number of fused-ring (bicyclic) bond motifs is 3. The number of hydrogen-bond acceptors (Lipinski definition) is 3. The van der Waals surface area contributed by atoms with E-state index in [0.717, 1.165) is 23.4 Å². The van der Waals surface area contributed by atoms with E-state index in [1.165, 1.54) is 0 Å². The Morgan fingerprint density at radius 1 is 1.53 bits per heavy atom. The summed E-state index contributed by atoms with van der Waals surface area (Å²) in [6.45, 7) is 2.50. The van der Waals surface area contributed by atoms with Gasteiger partial charge in [0.2, 0.25) is 0 Å². The summed E-state index contributed by atoms with van der Waals surface area (Å²) in [6, 6.07) is 5.35. The zero-order chi connectivity index (χ0) is 13.4. The molecule has 0 aromatic heterocycles. The summed E-state index contributed by atoms with van der Waals surface area (Å²) in [5.74, 6) is 0.222. The highest BCUT2D eigenvalue weighted by Crippen LogP contribution is 2.47. The molecule has 1 heterocycles. The molecule has 0 amide bonds. The quantitative estimate of drug-likeness (QED) is 0.819. The molecule has 2 N–H and O–H groups in total. The number of aliphatic carboxylic acids is 1. The van der Waals surface area contributed by atoms with E-state index in [1.807, 2.05) is 19.1 Å². The summed E-state index contributed by atoms with van der Waals surface area (Å²) in [5.41, 5.74) is 1.98. The van der Waals surface area contributed by atoms with Gasteiger partial charge in [-0.3, -0.25) is 0 Å². The standard InChI is InChI=1S/C15H17NO3/c1-2-19-12-8-4-7-10-9-5-3-6-11(9)14(15(17)18)16-13(10)12/h3-5,7-9,11,14,16H,2,6H2,1H3,(H,17,18)/t9-,11+,14+/m0/s1. The Labute approximate surface area is 112 Å². The third-order valence-corrected chi connectivity index (χ3v) is 3.92. The van der Waals surface area contributed by atoms with Crippen molar-refractivity contribution in [3.63, 3.8) is 0 Å². The van der Waals surface area contributed by atoms with Crippen molar-refractivity contribution >= 4 is 11.7 Å². The molecule has 1 aromatic carbocycles. The molecule has 1 aliphatic carbocycles. The minimum absolute atomic E-state index is 0.0990. The van der Waals surface area contributed by atoms with Crippen LogP contribution in [-0.2, 0) is 4.79 Å². The maximum atomic E-state index is 11.4. The highest BCUT2D eigenvalue weighted by Gasteiger charge is 2.41. The van der Waals surface area contributed by atoms with Gasteiger partial charge in [-0.05, 0) is 25.0 Å². The third-order valence-electron chi connectivity index (χ3n) is 3.92. The molecule has 2 aliphatic rings. The first kappa shape index (κ1) is 12.1. The Morgan fingerprint density at radius 3 is 3.11 bits per heavy atom. The lowest BCUT2D eigenvalue weighted by Crippen LogP contribution is -2.41. The second-order valence-corrected chi connectivity index (χ2v) is 4.97. The van der Waals surface area contributed by atoms with Crippen molar-refractivity contribution in [3.8, 4) is 5.75 Å². The summed E-state index contributed by atoms with van der Waals surface area (Å²) in [5, 5.41) is 12.6. The Morgan fingerprint density at radius 2 is 2.37 bits per heavy atom. The Kier molecular flexibility index (Phi) is 2.93. The number of hydrogen-bond donors (Lipinski definition) is 2. The van der Waals surface area contributed by atoms with E-state index in [0.29, 0.717) is 6.61 Å². The molecule has 4 nitrogen and oxygen atoms in total. The van der Waals surface area contributed by atoms with Crippen LogP contribution in [0.25, 0.3) is 0 Å². The summed E-state index contributed by atoms with van der Waals surface area (Å²) in [6.07, 6.45) is 5.01. The number of nitrogens with one attached hydrogen (secondary N) is 1. The van der Waals surface area contributed by atoms with Gasteiger partial charge in [0.25, 0.3) is 0 Å². The smallest absolute Gasteiger partial charge is 0.326 e. The predicted molar refractivity (Wildman–Crippen MR) is 72.6 cm³/mol. The molecule has 3 atom stereocenters.